The Labute approximate surface area is 134 Å². The number of aliphatic hydroxyl groups excluding tert-OH is 3. The van der Waals surface area contributed by atoms with Gasteiger partial charge in [0.25, 0.3) is 0 Å². The second kappa shape index (κ2) is 5.84. The van der Waals surface area contributed by atoms with Gasteiger partial charge in [-0.05, 0) is 13.0 Å². The number of fused-ring (bicyclic) bond motifs is 1. The van der Waals surface area contributed by atoms with Crippen LogP contribution in [0.4, 0.5) is 8.78 Å². The fourth-order valence-electron chi connectivity index (χ4n) is 2.65. The van der Waals surface area contributed by atoms with Gasteiger partial charge in [-0.1, -0.05) is 12.2 Å². The standard InChI is InChI=1S/C14H14F2N2O4S/c1-4-8(15)9(16)5-2-6(14(23)18-13(5)17-4)12-11(21)10(20)7(3-19)22-12/h2,7,10-12,19-21H,3H2,1H3,(H,17,18,23). The topological polar surface area (TPSA) is 98.6 Å². The fraction of sp³-hybridized carbons (Fsp3) is 0.429. The Hall–Kier alpha value is -1.52. The average Bonchev–Trinajstić information content (AvgIpc) is 2.80. The smallest absolute Gasteiger partial charge is 0.180 e. The summed E-state index contributed by atoms with van der Waals surface area (Å²) in [5.41, 5.74) is 0.141. The van der Waals surface area contributed by atoms with E-state index in [1.165, 1.54) is 13.0 Å². The molecule has 4 atom stereocenters. The molecule has 2 aromatic heterocycles. The lowest BCUT2D eigenvalue weighted by Crippen LogP contribution is -2.32. The first-order valence-corrected chi connectivity index (χ1v) is 7.27. The van der Waals surface area contributed by atoms with Gasteiger partial charge in [-0.15, -0.1) is 0 Å². The number of halogens is 2. The molecule has 2 aromatic rings. The lowest BCUT2D eigenvalue weighted by molar-refractivity contribution is -0.0229. The van der Waals surface area contributed by atoms with Crippen LogP contribution in [0.3, 0.4) is 0 Å². The lowest BCUT2D eigenvalue weighted by Gasteiger charge is -2.16. The highest BCUT2D eigenvalue weighted by atomic mass is 32.1. The van der Waals surface area contributed by atoms with E-state index in [-0.39, 0.29) is 26.9 Å². The molecule has 3 heterocycles. The van der Waals surface area contributed by atoms with E-state index in [0.717, 1.165) is 0 Å². The summed E-state index contributed by atoms with van der Waals surface area (Å²) in [6.45, 7) is 0.831. The van der Waals surface area contributed by atoms with E-state index in [0.29, 0.717) is 0 Å². The molecule has 0 amide bonds. The number of aromatic nitrogens is 2. The number of pyridine rings is 2. The zero-order valence-corrected chi connectivity index (χ0v) is 12.8. The molecule has 0 aromatic carbocycles. The van der Waals surface area contributed by atoms with E-state index in [1.807, 2.05) is 0 Å². The molecule has 1 aliphatic heterocycles. The minimum Gasteiger partial charge on any atom is -0.394 e. The minimum atomic E-state index is -1.36. The number of nitrogens with zero attached hydrogens (tertiary/aromatic N) is 1. The van der Waals surface area contributed by atoms with Crippen molar-refractivity contribution in [1.29, 1.82) is 0 Å². The summed E-state index contributed by atoms with van der Waals surface area (Å²) in [5.74, 6) is -2.16. The third-order valence-electron chi connectivity index (χ3n) is 3.92. The number of ether oxygens (including phenoxy) is 1. The van der Waals surface area contributed by atoms with Gasteiger partial charge in [-0.3, -0.25) is 0 Å². The SMILES string of the molecule is Cc1nc2[nH]c(=S)c(C3OC(CO)C(O)C3O)cc2c(F)c1F. The monoisotopic (exact) mass is 344 g/mol. The first kappa shape index (κ1) is 16.3. The Balaban J connectivity index is 2.16. The van der Waals surface area contributed by atoms with E-state index in [2.05, 4.69) is 9.97 Å². The van der Waals surface area contributed by atoms with Crippen molar-refractivity contribution in [3.8, 4) is 0 Å². The van der Waals surface area contributed by atoms with Crippen molar-refractivity contribution in [2.45, 2.75) is 31.3 Å². The molecule has 23 heavy (non-hydrogen) atoms. The van der Waals surface area contributed by atoms with Crippen LogP contribution in [0.15, 0.2) is 6.07 Å². The first-order valence-electron chi connectivity index (χ1n) is 6.86. The maximum Gasteiger partial charge on any atom is 0.180 e. The van der Waals surface area contributed by atoms with Crippen LogP contribution in [0.2, 0.25) is 0 Å². The van der Waals surface area contributed by atoms with Gasteiger partial charge < -0.3 is 25.0 Å². The molecule has 1 saturated heterocycles. The molecule has 1 aliphatic rings. The fourth-order valence-corrected chi connectivity index (χ4v) is 2.93. The predicted molar refractivity (Wildman–Crippen MR) is 78.3 cm³/mol. The van der Waals surface area contributed by atoms with Crippen molar-refractivity contribution < 1.29 is 28.8 Å². The van der Waals surface area contributed by atoms with E-state index in [9.17, 15) is 19.0 Å². The largest absolute Gasteiger partial charge is 0.394 e. The molecule has 4 N–H and O–H groups in total. The average molecular weight is 344 g/mol. The van der Waals surface area contributed by atoms with Crippen LogP contribution in [-0.2, 0) is 4.74 Å². The summed E-state index contributed by atoms with van der Waals surface area (Å²) in [4.78, 5) is 6.57. The Morgan fingerprint density at radius 3 is 2.61 bits per heavy atom. The number of aryl methyl sites for hydroxylation is 1. The molecular formula is C14H14F2N2O4S. The highest BCUT2D eigenvalue weighted by Crippen LogP contribution is 2.35. The predicted octanol–water partition coefficient (Wildman–Crippen LogP) is 1.03. The van der Waals surface area contributed by atoms with Crippen molar-refractivity contribution in [1.82, 2.24) is 9.97 Å². The van der Waals surface area contributed by atoms with Crippen LogP contribution in [0, 0.1) is 23.2 Å². The molecule has 0 bridgehead atoms. The second-order valence-electron chi connectivity index (χ2n) is 5.40. The molecule has 0 radical (unpaired) electrons. The molecule has 3 rings (SSSR count). The Bertz CT molecular complexity index is 829. The van der Waals surface area contributed by atoms with Crippen LogP contribution >= 0.6 is 12.2 Å². The maximum atomic E-state index is 14.1. The van der Waals surface area contributed by atoms with Gasteiger partial charge in [0.15, 0.2) is 11.6 Å². The van der Waals surface area contributed by atoms with Crippen molar-refractivity contribution >= 4 is 23.3 Å². The van der Waals surface area contributed by atoms with E-state index in [1.54, 1.807) is 0 Å². The second-order valence-corrected chi connectivity index (χ2v) is 5.81. The number of nitrogens with one attached hydrogen (secondary N) is 1. The number of H-pyrrole nitrogens is 1. The van der Waals surface area contributed by atoms with Crippen molar-refractivity contribution in [2.75, 3.05) is 6.61 Å². The summed E-state index contributed by atoms with van der Waals surface area (Å²) < 4.78 is 33.3. The van der Waals surface area contributed by atoms with Gasteiger partial charge >= 0.3 is 0 Å². The zero-order chi connectivity index (χ0) is 16.9. The van der Waals surface area contributed by atoms with Gasteiger partial charge in [0.1, 0.15) is 34.7 Å². The van der Waals surface area contributed by atoms with Crippen LogP contribution in [0.25, 0.3) is 11.0 Å². The van der Waals surface area contributed by atoms with Crippen LogP contribution in [0.5, 0.6) is 0 Å². The number of aliphatic hydroxyl groups is 3. The molecule has 9 heteroatoms. The van der Waals surface area contributed by atoms with Crippen LogP contribution in [0.1, 0.15) is 17.4 Å². The summed E-state index contributed by atoms with van der Waals surface area (Å²) in [6.07, 6.45) is -4.73. The maximum absolute atomic E-state index is 14.1. The Morgan fingerprint density at radius 1 is 1.30 bits per heavy atom. The minimum absolute atomic E-state index is 0.0712. The highest BCUT2D eigenvalue weighted by molar-refractivity contribution is 7.71. The third-order valence-corrected chi connectivity index (χ3v) is 4.26. The number of hydrogen-bond donors (Lipinski definition) is 4. The van der Waals surface area contributed by atoms with E-state index >= 15 is 0 Å². The van der Waals surface area contributed by atoms with Crippen molar-refractivity contribution in [3.63, 3.8) is 0 Å². The molecule has 0 spiro atoms. The normalized spacial score (nSPS) is 27.7. The van der Waals surface area contributed by atoms with Crippen LogP contribution in [-0.4, -0.2) is 50.2 Å². The highest BCUT2D eigenvalue weighted by Gasteiger charge is 2.43. The van der Waals surface area contributed by atoms with E-state index < -0.39 is 42.7 Å². The summed E-state index contributed by atoms with van der Waals surface area (Å²) in [7, 11) is 0. The molecule has 1 fully saturated rings. The molecule has 0 saturated carbocycles. The van der Waals surface area contributed by atoms with Gasteiger partial charge in [-0.25, -0.2) is 13.8 Å². The van der Waals surface area contributed by atoms with Gasteiger partial charge in [0.05, 0.1) is 17.7 Å². The van der Waals surface area contributed by atoms with Crippen molar-refractivity contribution in [3.05, 3.63) is 33.6 Å². The van der Waals surface area contributed by atoms with Gasteiger partial charge in [-0.2, -0.15) is 0 Å². The molecule has 124 valence electrons. The summed E-state index contributed by atoms with van der Waals surface area (Å²) in [6, 6.07) is 1.24. The number of rotatable bonds is 2. The third kappa shape index (κ3) is 2.54. The zero-order valence-electron chi connectivity index (χ0n) is 12.0. The Morgan fingerprint density at radius 2 is 2.00 bits per heavy atom. The van der Waals surface area contributed by atoms with Gasteiger partial charge in [0, 0.05) is 5.56 Å². The lowest BCUT2D eigenvalue weighted by atomic mass is 10.0. The first-order chi connectivity index (χ1) is 10.8. The van der Waals surface area contributed by atoms with Crippen LogP contribution < -0.4 is 0 Å². The molecular weight excluding hydrogens is 330 g/mol. The van der Waals surface area contributed by atoms with Crippen molar-refractivity contribution in [2.24, 2.45) is 0 Å². The molecule has 4 unspecified atom stereocenters. The quantitative estimate of drug-likeness (QED) is 0.608. The van der Waals surface area contributed by atoms with E-state index in [4.69, 9.17) is 22.1 Å². The Kier molecular flexibility index (Phi) is 4.15. The number of aromatic amines is 1. The molecule has 0 aliphatic carbocycles. The molecule has 6 nitrogen and oxygen atoms in total. The van der Waals surface area contributed by atoms with Gasteiger partial charge in [0.2, 0.25) is 0 Å². The number of hydrogen-bond acceptors (Lipinski definition) is 6. The summed E-state index contributed by atoms with van der Waals surface area (Å²) in [5, 5.41) is 28.8. The summed E-state index contributed by atoms with van der Waals surface area (Å²) >= 11 is 5.15.